The molecule has 1 radical (unpaired) electrons. The van der Waals surface area contributed by atoms with Crippen LogP contribution in [0.2, 0.25) is 0 Å². The van der Waals surface area contributed by atoms with Crippen molar-refractivity contribution in [3.8, 4) is 22.3 Å². The molecule has 1 aromatic heterocycles. The summed E-state index contributed by atoms with van der Waals surface area (Å²) < 4.78 is 1.37. The first-order chi connectivity index (χ1) is 36.2. The van der Waals surface area contributed by atoms with Crippen molar-refractivity contribution < 1.29 is 0 Å². The Bertz CT molecular complexity index is 3650. The van der Waals surface area contributed by atoms with Gasteiger partial charge in [-0.3, -0.25) is 0 Å². The van der Waals surface area contributed by atoms with E-state index in [2.05, 4.69) is 199 Å². The lowest BCUT2D eigenvalue weighted by Gasteiger charge is -2.45. The molecule has 0 amide bonds. The van der Waals surface area contributed by atoms with Crippen LogP contribution in [0.25, 0.3) is 44.1 Å². The average Bonchev–Trinajstić information content (AvgIpc) is 4.23. The highest BCUT2D eigenvalue weighted by atomic mass is 32.1. The second kappa shape index (κ2) is 17.7. The van der Waals surface area contributed by atoms with Crippen LogP contribution in [-0.4, -0.2) is 7.28 Å². The van der Waals surface area contributed by atoms with Crippen LogP contribution in [0.1, 0.15) is 203 Å². The maximum Gasteiger partial charge on any atom is 0.191 e. The number of benzene rings is 6. The van der Waals surface area contributed by atoms with Gasteiger partial charge in [0, 0.05) is 54.5 Å². The minimum absolute atomic E-state index is 0.0464. The molecule has 13 rings (SSSR count). The third-order valence-electron chi connectivity index (χ3n) is 19.7. The van der Waals surface area contributed by atoms with Gasteiger partial charge in [0.15, 0.2) is 7.28 Å². The zero-order chi connectivity index (χ0) is 53.0. The predicted molar refractivity (Wildman–Crippen MR) is 331 cm³/mol. The lowest BCUT2D eigenvalue weighted by molar-refractivity contribution is 0.331. The molecule has 0 spiro atoms. The molecule has 1 aliphatic heterocycles. The molecule has 0 unspecified atom stereocenters. The molecule has 0 bridgehead atoms. The predicted octanol–water partition coefficient (Wildman–Crippen LogP) is 19.5. The maximum atomic E-state index is 4.25. The average molecular weight is 1020 g/mol. The first-order valence-electron chi connectivity index (χ1n) is 29.3. The molecule has 6 aliphatic rings. The van der Waals surface area contributed by atoms with Gasteiger partial charge in [-0.2, -0.15) is 0 Å². The molecule has 76 heavy (non-hydrogen) atoms. The van der Waals surface area contributed by atoms with Crippen LogP contribution >= 0.6 is 11.3 Å². The molecule has 1 saturated carbocycles. The summed E-state index contributed by atoms with van der Waals surface area (Å²) >= 11 is 1.98. The second-order valence-corrected chi connectivity index (χ2v) is 28.4. The Hall–Kier alpha value is -5.58. The van der Waals surface area contributed by atoms with E-state index in [1.807, 2.05) is 11.3 Å². The van der Waals surface area contributed by atoms with Crippen molar-refractivity contribution in [1.29, 1.82) is 0 Å². The molecule has 2 nitrogen and oxygen atoms in total. The standard InChI is InChI=1S/C72H80BN2S/c1-41-31-43(3)65(44(4)32-41)49-35-53(52-34-47-19-14-15-20-48(47)36-60(52)74-59-22-18-24-64-66(59)50-21-16-17-23-63(50)76-64)67-62(37-49)75(61-40-58-55(33-42(61)2)69(6,7)27-30-72(58,12)13)68(45(5)73-67)54-39-57-56(38-51(54)46-25-26-46)70(8,9)28-29-71(57,10)11/h16,18,21-22,24,31-40,46,74H,14-15,17,19-20,23,25-30H2,1-13H3. The monoisotopic (exact) mass is 1020 g/mol. The molecule has 2 heterocycles. The minimum atomic E-state index is 0.0464. The van der Waals surface area contributed by atoms with E-state index < -0.39 is 0 Å². The van der Waals surface area contributed by atoms with Gasteiger partial charge in [0.05, 0.1) is 0 Å². The van der Waals surface area contributed by atoms with Gasteiger partial charge in [-0.05, 0) is 266 Å². The molecule has 0 atom stereocenters. The van der Waals surface area contributed by atoms with Crippen LogP contribution in [-0.2, 0) is 40.9 Å². The van der Waals surface area contributed by atoms with Crippen LogP contribution in [0.15, 0.2) is 90.4 Å². The largest absolute Gasteiger partial charge is 0.354 e. The maximum absolute atomic E-state index is 4.25. The SMILES string of the molecule is CC1=C(c2cc3c(cc2C2CC2)C(C)(C)CCC3(C)C)N(c2cc3c(cc2C)C(C)(C)CCC3(C)C)c2cc(-c3c(C)cc(C)cc3C)cc(-c3cc4c(cc3Nc3cccc5sc6c(c35)C=CCC6)CCCC4)c2[B]1. The summed E-state index contributed by atoms with van der Waals surface area (Å²) in [5, 5.41) is 5.61. The Kier molecular flexibility index (Phi) is 11.7. The molecule has 4 heteroatoms. The smallest absolute Gasteiger partial charge is 0.191 e. The molecule has 387 valence electrons. The van der Waals surface area contributed by atoms with Crippen molar-refractivity contribution in [2.75, 3.05) is 10.2 Å². The number of allylic oxidation sites excluding steroid dienone is 2. The number of rotatable bonds is 7. The van der Waals surface area contributed by atoms with Crippen molar-refractivity contribution in [2.45, 2.75) is 195 Å². The molecule has 0 saturated heterocycles. The number of nitrogens with one attached hydrogen (secondary N) is 1. The van der Waals surface area contributed by atoms with Gasteiger partial charge >= 0.3 is 0 Å². The van der Waals surface area contributed by atoms with Gasteiger partial charge in [0.1, 0.15) is 0 Å². The highest BCUT2D eigenvalue weighted by molar-refractivity contribution is 7.19. The van der Waals surface area contributed by atoms with Crippen molar-refractivity contribution in [3.05, 3.63) is 168 Å². The third-order valence-corrected chi connectivity index (χ3v) is 21.0. The Morgan fingerprint density at radius 1 is 0.592 bits per heavy atom. The number of hydrogen-bond donors (Lipinski definition) is 1. The molecular weight excluding hydrogens is 936 g/mol. The van der Waals surface area contributed by atoms with Gasteiger partial charge < -0.3 is 10.2 Å². The van der Waals surface area contributed by atoms with E-state index in [-0.39, 0.29) is 21.7 Å². The quantitative estimate of drug-likeness (QED) is 0.160. The fourth-order valence-electron chi connectivity index (χ4n) is 15.0. The number of hydrogen-bond acceptors (Lipinski definition) is 3. The molecule has 5 aliphatic carbocycles. The molecule has 7 aromatic rings. The summed E-state index contributed by atoms with van der Waals surface area (Å²) in [5.74, 6) is 0.576. The van der Waals surface area contributed by atoms with Crippen LogP contribution < -0.4 is 15.7 Å². The van der Waals surface area contributed by atoms with Crippen molar-refractivity contribution in [1.82, 2.24) is 0 Å². The summed E-state index contributed by atoms with van der Waals surface area (Å²) in [6, 6.07) is 32.8. The van der Waals surface area contributed by atoms with Gasteiger partial charge in [0.25, 0.3) is 0 Å². The van der Waals surface area contributed by atoms with Gasteiger partial charge in [-0.1, -0.05) is 114 Å². The van der Waals surface area contributed by atoms with Crippen molar-refractivity contribution in [2.24, 2.45) is 0 Å². The fourth-order valence-corrected chi connectivity index (χ4v) is 16.3. The fraction of sp³-hybridized carbons (Fsp3) is 0.417. The zero-order valence-electron chi connectivity index (χ0n) is 48.2. The van der Waals surface area contributed by atoms with Crippen LogP contribution in [0, 0.1) is 27.7 Å². The third kappa shape index (κ3) is 8.15. The molecule has 1 N–H and O–H groups in total. The van der Waals surface area contributed by atoms with E-state index in [9.17, 15) is 0 Å². The van der Waals surface area contributed by atoms with E-state index in [4.69, 9.17) is 0 Å². The summed E-state index contributed by atoms with van der Waals surface area (Å²) in [4.78, 5) is 4.32. The number of nitrogens with zero attached hydrogens (tertiary/aromatic N) is 1. The van der Waals surface area contributed by atoms with E-state index in [1.165, 1.54) is 184 Å². The summed E-state index contributed by atoms with van der Waals surface area (Å²) in [7, 11) is 2.62. The van der Waals surface area contributed by atoms with Gasteiger partial charge in [-0.15, -0.1) is 11.3 Å². The zero-order valence-corrected chi connectivity index (χ0v) is 49.0. The van der Waals surface area contributed by atoms with Gasteiger partial charge in [0.2, 0.25) is 0 Å². The number of anilines is 4. The Morgan fingerprint density at radius 3 is 1.89 bits per heavy atom. The number of thiophene rings is 1. The lowest BCUT2D eigenvalue weighted by Crippen LogP contribution is -2.38. The van der Waals surface area contributed by atoms with Gasteiger partial charge in [-0.25, -0.2) is 0 Å². The molecular formula is C72H80BN2S. The van der Waals surface area contributed by atoms with E-state index in [0.717, 1.165) is 25.7 Å². The number of fused-ring (bicyclic) bond motifs is 7. The van der Waals surface area contributed by atoms with Crippen molar-refractivity contribution >= 4 is 68.7 Å². The van der Waals surface area contributed by atoms with E-state index in [0.29, 0.717) is 5.92 Å². The Balaban J connectivity index is 1.13. The molecule has 6 aromatic carbocycles. The minimum Gasteiger partial charge on any atom is -0.354 e. The lowest BCUT2D eigenvalue weighted by atomic mass is 9.56. The summed E-state index contributed by atoms with van der Waals surface area (Å²) in [5.41, 5.74) is 33.5. The van der Waals surface area contributed by atoms with Crippen LogP contribution in [0.3, 0.4) is 0 Å². The first kappa shape index (κ1) is 50.0. The van der Waals surface area contributed by atoms with E-state index >= 15 is 0 Å². The highest BCUT2D eigenvalue weighted by Crippen LogP contribution is 2.56. The Morgan fingerprint density at radius 2 is 1.22 bits per heavy atom. The summed E-state index contributed by atoms with van der Waals surface area (Å²) in [6.45, 7) is 31.8. The topological polar surface area (TPSA) is 15.3 Å². The van der Waals surface area contributed by atoms with E-state index in [1.54, 1.807) is 16.7 Å². The highest BCUT2D eigenvalue weighted by Gasteiger charge is 2.43. The normalized spacial score (nSPS) is 19.6. The number of aryl methyl sites for hydroxylation is 7. The first-order valence-corrected chi connectivity index (χ1v) is 30.1. The second-order valence-electron chi connectivity index (χ2n) is 27.3. The Labute approximate surface area is 460 Å². The molecule has 1 fully saturated rings. The van der Waals surface area contributed by atoms with Crippen LogP contribution in [0.4, 0.5) is 22.7 Å². The summed E-state index contributed by atoms with van der Waals surface area (Å²) in [6.07, 6.45) is 19.0. The van der Waals surface area contributed by atoms with Crippen molar-refractivity contribution in [3.63, 3.8) is 0 Å². The van der Waals surface area contributed by atoms with Crippen LogP contribution in [0.5, 0.6) is 0 Å².